The second kappa shape index (κ2) is 23.2. The molecule has 0 fully saturated rings. The third-order valence-corrected chi connectivity index (χ3v) is 9.79. The van der Waals surface area contributed by atoms with Crippen molar-refractivity contribution in [1.82, 2.24) is 30.6 Å². The minimum Gasteiger partial charge on any atom is -0.423 e. The Kier molecular flexibility index (Phi) is 18.2. The van der Waals surface area contributed by atoms with Crippen LogP contribution < -0.4 is 26.7 Å². The predicted octanol–water partition coefficient (Wildman–Crippen LogP) is 6.38. The monoisotopic (exact) mass is 874 g/mol. The zero-order chi connectivity index (χ0) is 41.2. The molecule has 0 aliphatic rings. The van der Waals surface area contributed by atoms with E-state index < -0.39 is 14.4 Å². The highest BCUT2D eigenvalue weighted by molar-refractivity contribution is 9.10. The van der Waals surface area contributed by atoms with Crippen molar-refractivity contribution in [3.8, 4) is 43.7 Å². The fourth-order valence-electron chi connectivity index (χ4n) is 4.80. The molecule has 6 N–H and O–H groups in total. The molecule has 0 aliphatic heterocycles. The number of hydrogen-bond acceptors (Lipinski definition) is 13. The summed E-state index contributed by atoms with van der Waals surface area (Å²) in [6.07, 6.45) is 2.99. The van der Waals surface area contributed by atoms with E-state index in [4.69, 9.17) is 4.98 Å². The number of halogens is 1. The number of rotatable bonds is 12. The maximum Gasteiger partial charge on any atom is 0.638 e. The molecule has 6 aromatic rings. The van der Waals surface area contributed by atoms with Gasteiger partial charge in [-0.15, -0.1) is 22.7 Å². The quantitative estimate of drug-likeness (QED) is 0.0746. The molecule has 0 radical (unpaired) electrons. The number of carbonyl (C=O) groups is 2. The van der Waals surface area contributed by atoms with Crippen molar-refractivity contribution in [2.75, 3.05) is 45.1 Å². The third kappa shape index (κ3) is 13.5. The van der Waals surface area contributed by atoms with Gasteiger partial charge in [-0.1, -0.05) is 60.7 Å². The Bertz CT molecular complexity index is 2160. The number of benzene rings is 2. The Labute approximate surface area is 347 Å². The molecule has 4 heterocycles. The average Bonchev–Trinajstić information content (AvgIpc) is 3.92. The van der Waals surface area contributed by atoms with Gasteiger partial charge in [0.1, 0.15) is 21.7 Å². The van der Waals surface area contributed by atoms with Crippen LogP contribution in [0.15, 0.2) is 100 Å². The van der Waals surface area contributed by atoms with Crippen molar-refractivity contribution in [2.45, 2.75) is 13.8 Å². The van der Waals surface area contributed by atoms with Crippen molar-refractivity contribution < 1.29 is 33.6 Å². The largest absolute Gasteiger partial charge is 0.638 e. The van der Waals surface area contributed by atoms with Gasteiger partial charge in [0.2, 0.25) is 0 Å². The summed E-state index contributed by atoms with van der Waals surface area (Å²) in [4.78, 5) is 40.9. The number of nitrogens with zero attached hydrogens (tertiary/aromatic N) is 4. The molecule has 0 atom stereocenters. The number of urea groups is 2. The molecule has 0 saturated heterocycles. The van der Waals surface area contributed by atoms with Crippen LogP contribution in [-0.4, -0.2) is 90.9 Å². The van der Waals surface area contributed by atoms with E-state index in [1.54, 1.807) is 23.6 Å². The number of thiazole rings is 2. The van der Waals surface area contributed by atoms with E-state index >= 15 is 0 Å². The van der Waals surface area contributed by atoms with Crippen molar-refractivity contribution in [1.29, 1.82) is 0 Å². The number of amides is 4. The van der Waals surface area contributed by atoms with Gasteiger partial charge in [-0.2, -0.15) is 0 Å². The summed E-state index contributed by atoms with van der Waals surface area (Å²) < 4.78 is 14.6. The van der Waals surface area contributed by atoms with Crippen molar-refractivity contribution in [3.63, 3.8) is 0 Å². The van der Waals surface area contributed by atoms with Crippen LogP contribution in [0.1, 0.15) is 13.8 Å². The lowest BCUT2D eigenvalue weighted by Crippen LogP contribution is -2.33. The number of anilines is 2. The molecule has 296 valence electrons. The number of hydrogen-bond donors (Lipinski definition) is 6. The molecule has 0 aliphatic carbocycles. The summed E-state index contributed by atoms with van der Waals surface area (Å²) in [6, 6.07) is 22.5. The molecular weight excluding hydrogens is 834 g/mol. The standard InChI is InChI=1S/C17H17BN4O3S.C17H15BrN4OS.C3H9BO3/c1-2-19-17(23)22-15-8-12(13(9-20-15)18(24)25)16-21-14(10-26-16)11-6-4-3-5-7-11;1-2-19-17(23)22-15-8-12(13(18)9-20-15)16-21-14(10-24-16)11-6-4-3-5-7-11;1-5-4(6-2)7-3/h3-10,24-25H,2H2,1H3,(H2,19,20,22,23);3-10H,2H2,1H3,(H2,19,20,22,23);1-3H3. The van der Waals surface area contributed by atoms with E-state index in [0.717, 1.165) is 37.6 Å². The number of nitrogens with one attached hydrogen (secondary N) is 4. The van der Waals surface area contributed by atoms with Crippen LogP contribution in [0.25, 0.3) is 43.7 Å². The fraction of sp³-hybridized carbons (Fsp3) is 0.189. The van der Waals surface area contributed by atoms with Crippen LogP contribution in [0, 0.1) is 0 Å². The van der Waals surface area contributed by atoms with Gasteiger partial charge in [0.15, 0.2) is 0 Å². The number of carbonyl (C=O) groups excluding carboxylic acids is 2. The van der Waals surface area contributed by atoms with E-state index in [-0.39, 0.29) is 17.5 Å². The summed E-state index contributed by atoms with van der Waals surface area (Å²) in [5.41, 5.74) is 5.39. The van der Waals surface area contributed by atoms with Crippen LogP contribution in [0.4, 0.5) is 21.2 Å². The van der Waals surface area contributed by atoms with Crippen molar-refractivity contribution in [3.05, 3.63) is 100 Å². The molecule has 0 spiro atoms. The fourth-order valence-corrected chi connectivity index (χ4v) is 7.07. The van der Waals surface area contributed by atoms with E-state index in [9.17, 15) is 19.6 Å². The first-order chi connectivity index (χ1) is 27.6. The van der Waals surface area contributed by atoms with Gasteiger partial charge in [-0.3, -0.25) is 10.6 Å². The molecular formula is C37H41B2BrN8O7S2. The highest BCUT2D eigenvalue weighted by Crippen LogP contribution is 2.34. The summed E-state index contributed by atoms with van der Waals surface area (Å²) in [5, 5.41) is 35.3. The SMILES string of the molecule is CCNC(=O)Nc1cc(-c2nc(-c3ccccc3)cs2)c(B(O)O)cn1.CCNC(=O)Nc1cc(-c2nc(-c3ccccc3)cs2)c(Br)cn1.COB(OC)OC. The zero-order valence-corrected chi connectivity index (χ0v) is 34.9. The van der Waals surface area contributed by atoms with Gasteiger partial charge in [-0.25, -0.2) is 29.5 Å². The van der Waals surface area contributed by atoms with Gasteiger partial charge in [0.05, 0.1) is 11.4 Å². The smallest absolute Gasteiger partial charge is 0.423 e. The first kappa shape index (κ1) is 44.7. The number of aromatic nitrogens is 4. The first-order valence-electron chi connectivity index (χ1n) is 17.3. The molecule has 4 amide bonds. The highest BCUT2D eigenvalue weighted by atomic mass is 79.9. The van der Waals surface area contributed by atoms with Crippen LogP contribution >= 0.6 is 38.6 Å². The molecule has 0 saturated carbocycles. The third-order valence-electron chi connectivity index (χ3n) is 7.41. The zero-order valence-electron chi connectivity index (χ0n) is 31.7. The molecule has 0 bridgehead atoms. The van der Waals surface area contributed by atoms with Crippen LogP contribution in [0.3, 0.4) is 0 Å². The lowest BCUT2D eigenvalue weighted by molar-refractivity contribution is 0.163. The molecule has 20 heteroatoms. The van der Waals surface area contributed by atoms with Crippen LogP contribution in [0.5, 0.6) is 0 Å². The Morgan fingerprint density at radius 1 is 0.702 bits per heavy atom. The second-order valence-electron chi connectivity index (χ2n) is 11.4. The topological polar surface area (TPSA) is 202 Å². The molecule has 4 aromatic heterocycles. The Morgan fingerprint density at radius 3 is 1.56 bits per heavy atom. The molecule has 15 nitrogen and oxygen atoms in total. The predicted molar refractivity (Wildman–Crippen MR) is 231 cm³/mol. The molecule has 6 rings (SSSR count). The number of pyridine rings is 2. The van der Waals surface area contributed by atoms with Crippen LogP contribution in [-0.2, 0) is 14.0 Å². The first-order valence-corrected chi connectivity index (χ1v) is 19.9. The van der Waals surface area contributed by atoms with Gasteiger partial charge in [-0.05, 0) is 41.9 Å². The maximum atomic E-state index is 11.7. The summed E-state index contributed by atoms with van der Waals surface area (Å²) in [7, 11) is 2.33. The van der Waals surface area contributed by atoms with E-state index in [2.05, 4.69) is 66.1 Å². The van der Waals surface area contributed by atoms with E-state index in [0.29, 0.717) is 35.3 Å². The van der Waals surface area contributed by atoms with E-state index in [1.165, 1.54) is 38.9 Å². The Balaban J connectivity index is 0.000000217. The molecule has 2 aromatic carbocycles. The lowest BCUT2D eigenvalue weighted by Gasteiger charge is -2.10. The average molecular weight is 875 g/mol. The minimum absolute atomic E-state index is 0.223. The molecule has 0 unspecified atom stereocenters. The minimum atomic E-state index is -1.69. The van der Waals surface area contributed by atoms with Crippen molar-refractivity contribution in [2.24, 2.45) is 0 Å². The van der Waals surface area contributed by atoms with Crippen LogP contribution in [0.2, 0.25) is 0 Å². The van der Waals surface area contributed by atoms with Gasteiger partial charge >= 0.3 is 26.5 Å². The summed E-state index contributed by atoms with van der Waals surface area (Å²) in [6.45, 7) is 4.71. The Hall–Kier alpha value is -5.05. The molecule has 57 heavy (non-hydrogen) atoms. The maximum absolute atomic E-state index is 11.7. The second-order valence-corrected chi connectivity index (χ2v) is 13.9. The normalized spacial score (nSPS) is 10.2. The summed E-state index contributed by atoms with van der Waals surface area (Å²) >= 11 is 6.44. The Morgan fingerprint density at radius 2 is 1.14 bits per heavy atom. The van der Waals surface area contributed by atoms with E-state index in [1.807, 2.05) is 91.3 Å². The summed E-state index contributed by atoms with van der Waals surface area (Å²) in [5.74, 6) is 0.780. The van der Waals surface area contributed by atoms with Gasteiger partial charge in [0.25, 0.3) is 0 Å². The van der Waals surface area contributed by atoms with Gasteiger partial charge < -0.3 is 34.6 Å². The van der Waals surface area contributed by atoms with Crippen molar-refractivity contribution >= 4 is 82.2 Å². The lowest BCUT2D eigenvalue weighted by atomic mass is 9.78. The highest BCUT2D eigenvalue weighted by Gasteiger charge is 2.21. The van der Waals surface area contributed by atoms with Gasteiger partial charge in [0, 0.05) is 89.8 Å².